The van der Waals surface area contributed by atoms with Crippen LogP contribution in [0.3, 0.4) is 0 Å². The summed E-state index contributed by atoms with van der Waals surface area (Å²) < 4.78 is 5.41. The first-order valence-corrected chi connectivity index (χ1v) is 11.4. The van der Waals surface area contributed by atoms with E-state index in [1.54, 1.807) is 24.3 Å². The highest BCUT2D eigenvalue weighted by molar-refractivity contribution is 7.13. The third-order valence-corrected chi connectivity index (χ3v) is 6.00. The molecule has 9 nitrogen and oxygen atoms in total. The number of nitrogens with zero attached hydrogens (tertiary/aromatic N) is 4. The maximum atomic E-state index is 12.2. The summed E-state index contributed by atoms with van der Waals surface area (Å²) in [5.41, 5.74) is 0.578. The van der Waals surface area contributed by atoms with Gasteiger partial charge in [0.1, 0.15) is 18.2 Å². The van der Waals surface area contributed by atoms with Crippen LogP contribution in [0.1, 0.15) is 21.7 Å². The van der Waals surface area contributed by atoms with Crippen molar-refractivity contribution in [1.82, 2.24) is 25.3 Å². The van der Waals surface area contributed by atoms with E-state index >= 15 is 0 Å². The highest BCUT2D eigenvalue weighted by Crippen LogP contribution is 2.17. The first-order valence-electron chi connectivity index (χ1n) is 10.2. The fourth-order valence-corrected chi connectivity index (χ4v) is 3.98. The van der Waals surface area contributed by atoms with Crippen molar-refractivity contribution >= 4 is 40.4 Å². The number of carbonyl (C=O) groups excluding carboxylic acids is 2. The van der Waals surface area contributed by atoms with Gasteiger partial charge in [0, 0.05) is 50.0 Å². The zero-order valence-electron chi connectivity index (χ0n) is 17.5. The largest absolute Gasteiger partial charge is 0.364 e. The molecule has 0 atom stereocenters. The van der Waals surface area contributed by atoms with Gasteiger partial charge in [-0.1, -0.05) is 35.9 Å². The van der Waals surface area contributed by atoms with Crippen molar-refractivity contribution < 1.29 is 14.3 Å². The maximum absolute atomic E-state index is 12.2. The van der Waals surface area contributed by atoms with Gasteiger partial charge in [0.25, 0.3) is 5.91 Å². The van der Waals surface area contributed by atoms with E-state index in [0.29, 0.717) is 22.3 Å². The molecular formula is C20H27ClN6O3S. The molecule has 2 heterocycles. The number of aromatic nitrogens is 2. The molecule has 0 saturated carbocycles. The Morgan fingerprint density at radius 1 is 1.19 bits per heavy atom. The first kappa shape index (κ1) is 23.6. The number of likely N-dealkylation sites (N-methyl/N-ethyl adjacent to an activating group) is 1. The lowest BCUT2D eigenvalue weighted by Crippen LogP contribution is -2.48. The van der Waals surface area contributed by atoms with Crippen LogP contribution in [0.15, 0.2) is 24.3 Å². The molecule has 0 bridgehead atoms. The lowest BCUT2D eigenvalue weighted by molar-refractivity contribution is -0.126. The predicted molar refractivity (Wildman–Crippen MR) is 121 cm³/mol. The van der Waals surface area contributed by atoms with Crippen molar-refractivity contribution in [2.75, 3.05) is 57.7 Å². The summed E-state index contributed by atoms with van der Waals surface area (Å²) in [5.74, 6) is -0.542. The fraction of sp³-hybridized carbons (Fsp3) is 0.500. The van der Waals surface area contributed by atoms with Crippen molar-refractivity contribution in [3.05, 3.63) is 39.3 Å². The molecule has 0 unspecified atom stereocenters. The second kappa shape index (κ2) is 12.1. The third kappa shape index (κ3) is 7.82. The highest BCUT2D eigenvalue weighted by Gasteiger charge is 2.16. The molecule has 2 N–H and O–H groups in total. The molecule has 1 aliphatic rings. The molecular weight excluding hydrogens is 440 g/mol. The molecule has 2 aromatic rings. The number of carbonyl (C=O) groups is 2. The zero-order chi connectivity index (χ0) is 22.1. The molecule has 1 aromatic carbocycles. The highest BCUT2D eigenvalue weighted by atomic mass is 35.5. The summed E-state index contributed by atoms with van der Waals surface area (Å²) in [6.07, 6.45) is 0. The second-order valence-electron chi connectivity index (χ2n) is 7.08. The van der Waals surface area contributed by atoms with Crippen LogP contribution in [-0.4, -0.2) is 84.2 Å². The van der Waals surface area contributed by atoms with Crippen molar-refractivity contribution in [1.29, 1.82) is 0 Å². The molecule has 0 aliphatic carbocycles. The van der Waals surface area contributed by atoms with Gasteiger partial charge in [0.05, 0.1) is 0 Å². The van der Waals surface area contributed by atoms with Crippen molar-refractivity contribution in [3.8, 4) is 0 Å². The SMILES string of the molecule is CCN1CCN(CCNC(=O)COCc2nnc(C(=O)Nc3cccc(Cl)c3)s2)CC1. The van der Waals surface area contributed by atoms with Gasteiger partial charge in [-0.3, -0.25) is 14.5 Å². The molecule has 0 spiro atoms. The van der Waals surface area contributed by atoms with Gasteiger partial charge < -0.3 is 20.3 Å². The maximum Gasteiger partial charge on any atom is 0.286 e. The molecule has 0 radical (unpaired) electrons. The average molecular weight is 467 g/mol. The summed E-state index contributed by atoms with van der Waals surface area (Å²) in [5, 5.41) is 14.7. The van der Waals surface area contributed by atoms with Crippen LogP contribution in [0.5, 0.6) is 0 Å². The van der Waals surface area contributed by atoms with Gasteiger partial charge in [-0.25, -0.2) is 0 Å². The lowest BCUT2D eigenvalue weighted by Gasteiger charge is -2.33. The minimum Gasteiger partial charge on any atom is -0.364 e. The van der Waals surface area contributed by atoms with Crippen molar-refractivity contribution in [3.63, 3.8) is 0 Å². The number of amides is 2. The second-order valence-corrected chi connectivity index (χ2v) is 8.58. The summed E-state index contributed by atoms with van der Waals surface area (Å²) in [4.78, 5) is 29.0. The van der Waals surface area contributed by atoms with Crippen molar-refractivity contribution in [2.45, 2.75) is 13.5 Å². The van der Waals surface area contributed by atoms with Crippen molar-refractivity contribution in [2.24, 2.45) is 0 Å². The molecule has 3 rings (SSSR count). The number of hydrogen-bond donors (Lipinski definition) is 2. The number of ether oxygens (including phenoxy) is 1. The van der Waals surface area contributed by atoms with E-state index in [2.05, 4.69) is 37.6 Å². The van der Waals surface area contributed by atoms with E-state index < -0.39 is 0 Å². The van der Waals surface area contributed by atoms with E-state index in [1.807, 2.05) is 0 Å². The molecule has 1 aromatic heterocycles. The minimum absolute atomic E-state index is 0.0623. The standard InChI is InChI=1S/C20H27ClN6O3S/c1-2-26-8-10-27(11-9-26)7-6-22-17(28)13-30-14-18-24-25-20(31-18)19(29)23-16-5-3-4-15(21)12-16/h3-5,12H,2,6-11,13-14H2,1H3,(H,22,28)(H,23,29). The predicted octanol–water partition coefficient (Wildman–Crippen LogP) is 1.71. The van der Waals surface area contributed by atoms with Crippen LogP contribution in [0.2, 0.25) is 5.02 Å². The van der Waals surface area contributed by atoms with Gasteiger partial charge in [-0.2, -0.15) is 0 Å². The Kier molecular flexibility index (Phi) is 9.16. The number of halogens is 1. The van der Waals surface area contributed by atoms with Gasteiger partial charge in [0.15, 0.2) is 0 Å². The molecule has 1 fully saturated rings. The van der Waals surface area contributed by atoms with Crippen LogP contribution < -0.4 is 10.6 Å². The monoisotopic (exact) mass is 466 g/mol. The molecule has 11 heteroatoms. The van der Waals surface area contributed by atoms with E-state index in [9.17, 15) is 9.59 Å². The lowest BCUT2D eigenvalue weighted by atomic mass is 10.3. The first-order chi connectivity index (χ1) is 15.0. The number of hydrogen-bond acceptors (Lipinski definition) is 8. The summed E-state index contributed by atoms with van der Waals surface area (Å²) in [7, 11) is 0. The Bertz CT molecular complexity index is 872. The number of piperazine rings is 1. The third-order valence-electron chi connectivity index (χ3n) is 4.86. The summed E-state index contributed by atoms with van der Waals surface area (Å²) in [6, 6.07) is 6.85. The van der Waals surface area contributed by atoms with Crippen LogP contribution in [-0.2, 0) is 16.1 Å². The number of rotatable bonds is 10. The smallest absolute Gasteiger partial charge is 0.286 e. The van der Waals surface area contributed by atoms with E-state index in [1.165, 1.54) is 0 Å². The fourth-order valence-electron chi connectivity index (χ4n) is 3.12. The normalized spacial score (nSPS) is 15.0. The Morgan fingerprint density at radius 3 is 2.71 bits per heavy atom. The Hall–Kier alpha value is -2.11. The molecule has 1 aliphatic heterocycles. The quantitative estimate of drug-likeness (QED) is 0.549. The Labute approximate surface area is 190 Å². The summed E-state index contributed by atoms with van der Waals surface area (Å²) >= 11 is 7.03. The summed E-state index contributed by atoms with van der Waals surface area (Å²) in [6.45, 7) is 8.98. The average Bonchev–Trinajstić information content (AvgIpc) is 3.23. The molecule has 31 heavy (non-hydrogen) atoms. The van der Waals surface area contributed by atoms with Crippen LogP contribution in [0.25, 0.3) is 0 Å². The molecule has 168 valence electrons. The van der Waals surface area contributed by atoms with Crippen LogP contribution in [0.4, 0.5) is 5.69 Å². The van der Waals surface area contributed by atoms with E-state index in [0.717, 1.165) is 50.6 Å². The Morgan fingerprint density at radius 2 is 1.97 bits per heavy atom. The van der Waals surface area contributed by atoms with E-state index in [4.69, 9.17) is 16.3 Å². The topological polar surface area (TPSA) is 99.7 Å². The van der Waals surface area contributed by atoms with E-state index in [-0.39, 0.29) is 30.0 Å². The minimum atomic E-state index is -0.372. The number of nitrogens with one attached hydrogen (secondary N) is 2. The van der Waals surface area contributed by atoms with Gasteiger partial charge in [-0.05, 0) is 24.7 Å². The molecule has 1 saturated heterocycles. The van der Waals surface area contributed by atoms with Gasteiger partial charge in [0.2, 0.25) is 10.9 Å². The van der Waals surface area contributed by atoms with Crippen LogP contribution >= 0.6 is 22.9 Å². The van der Waals surface area contributed by atoms with Gasteiger partial charge in [-0.15, -0.1) is 10.2 Å². The number of benzene rings is 1. The van der Waals surface area contributed by atoms with Gasteiger partial charge >= 0.3 is 0 Å². The van der Waals surface area contributed by atoms with Crippen LogP contribution in [0, 0.1) is 0 Å². The Balaban J connectivity index is 1.31. The number of anilines is 1. The zero-order valence-corrected chi connectivity index (χ0v) is 19.0. The molecule has 2 amide bonds.